The van der Waals surface area contributed by atoms with Gasteiger partial charge in [0.2, 0.25) is 5.91 Å². The average molecular weight is 1540 g/mol. The molecule has 115 heavy (non-hydrogen) atoms. The van der Waals surface area contributed by atoms with Gasteiger partial charge in [-0.25, -0.2) is 9.59 Å². The first-order valence-electron chi connectivity index (χ1n) is 37.4. The Morgan fingerprint density at radius 1 is 0.252 bits per heavy atom. The standard InChI is InChI=1S/2C23H23NO.C19H22N2O2.2C17H16O4/c1-16-9-5-7-11-21(16)18-13-19(22-12-8-6-10-17(22)2)15-20(14-18)23(25)24(3)4;1-16-9-5-7-11-22(16)19-13-20(23-12-8-6-10-17(23)2)15-21(14-19)24(4)18(3)25;1-13-8-6-7-9-17(13)14-10-15(18(22)20(2)3)12-16(11-14)19(23)21(4)5;1-11-6-4-5-7-15(11)12-8-13(16(18)20-2)10-14(9-12)17(19)21-3;1-11-6-4-5-7-17(11)14-8-15(20-12(2)18)10-16(9-14)21-13(3)19/h2*5-15H,1-4H3;6-12H,1-5H3;2*4-10H,1-3H3. The van der Waals surface area contributed by atoms with Gasteiger partial charge in [-0.1, -0.05) is 170 Å². The maximum absolute atomic E-state index is 12.6. The molecule has 0 unspecified atom stereocenters. The van der Waals surface area contributed by atoms with E-state index >= 15 is 0 Å². The fourth-order valence-electron chi connectivity index (χ4n) is 12.9. The van der Waals surface area contributed by atoms with Crippen molar-refractivity contribution in [1.29, 1.82) is 0 Å². The molecule has 0 saturated heterocycles. The summed E-state index contributed by atoms with van der Waals surface area (Å²) < 4.78 is 19.7. The maximum atomic E-state index is 12.6. The van der Waals surface area contributed by atoms with E-state index in [0.717, 1.165) is 89.1 Å². The lowest BCUT2D eigenvalue weighted by Crippen LogP contribution is -2.24. The van der Waals surface area contributed by atoms with E-state index < -0.39 is 23.9 Å². The number of carbonyl (C=O) groups is 8. The van der Waals surface area contributed by atoms with Crippen LogP contribution in [-0.4, -0.2) is 126 Å². The molecule has 0 aliphatic rings. The van der Waals surface area contributed by atoms with E-state index in [9.17, 15) is 38.4 Å². The minimum Gasteiger partial charge on any atom is -0.465 e. The first kappa shape index (κ1) is 87.0. The predicted molar refractivity (Wildman–Crippen MR) is 462 cm³/mol. The molecule has 0 N–H and O–H groups in total. The number of amides is 4. The Bertz CT molecular complexity index is 5320. The maximum Gasteiger partial charge on any atom is 0.337 e. The van der Waals surface area contributed by atoms with Crippen LogP contribution < -0.4 is 14.4 Å². The van der Waals surface area contributed by atoms with Gasteiger partial charge in [0.05, 0.1) is 25.3 Å². The number of rotatable bonds is 15. The van der Waals surface area contributed by atoms with Crippen molar-refractivity contribution < 1.29 is 57.3 Å². The third-order valence-electron chi connectivity index (χ3n) is 19.0. The van der Waals surface area contributed by atoms with Gasteiger partial charge in [-0.15, -0.1) is 0 Å². The third-order valence-corrected chi connectivity index (χ3v) is 19.0. The van der Waals surface area contributed by atoms with Crippen LogP contribution in [0.4, 0.5) is 5.69 Å². The largest absolute Gasteiger partial charge is 0.465 e. The number of hydrogen-bond donors (Lipinski definition) is 0. The van der Waals surface area contributed by atoms with Crippen LogP contribution in [0.5, 0.6) is 11.5 Å². The van der Waals surface area contributed by atoms with Crippen molar-refractivity contribution in [1.82, 2.24) is 14.7 Å². The number of benzene rings is 12. The summed E-state index contributed by atoms with van der Waals surface area (Å²) in [5.74, 6) is -1.33. The van der Waals surface area contributed by atoms with E-state index in [-0.39, 0.29) is 23.6 Å². The van der Waals surface area contributed by atoms with Crippen LogP contribution in [0.2, 0.25) is 0 Å². The van der Waals surface area contributed by atoms with Gasteiger partial charge in [-0.3, -0.25) is 28.8 Å². The van der Waals surface area contributed by atoms with E-state index in [1.165, 1.54) is 83.4 Å². The molecule has 0 saturated carbocycles. The highest BCUT2D eigenvalue weighted by Crippen LogP contribution is 2.38. The summed E-state index contributed by atoms with van der Waals surface area (Å²) >= 11 is 0. The molecule has 0 fully saturated rings. The average Bonchev–Trinajstić information content (AvgIpc) is 0.805. The molecule has 0 aliphatic heterocycles. The monoisotopic (exact) mass is 1540 g/mol. The van der Waals surface area contributed by atoms with Gasteiger partial charge in [0.15, 0.2) is 0 Å². The van der Waals surface area contributed by atoms with Crippen LogP contribution >= 0.6 is 0 Å². The molecule has 16 nitrogen and oxygen atoms in total. The SMILES string of the molecule is CC(=O)N(C)c1cc(-c2ccccc2C)cc(-c2ccccc2C)c1.CC(=O)Oc1cc(OC(C)=O)cc(-c2ccccc2C)c1.COC(=O)c1cc(C(=O)OC)cc(-c2ccccc2C)c1.Cc1ccccc1-c1cc(C(=O)N(C)C)cc(-c2ccccc2C)c1.Cc1ccccc1-c1cc(C(=O)N(C)C)cc(C(=O)N(C)C)c1. The zero-order valence-corrected chi connectivity index (χ0v) is 69.0. The second kappa shape index (κ2) is 40.6. The van der Waals surface area contributed by atoms with Crippen LogP contribution in [0, 0.1) is 48.5 Å². The van der Waals surface area contributed by atoms with Crippen LogP contribution in [0.15, 0.2) is 261 Å². The molecule has 0 atom stereocenters. The molecular weight excluding hydrogens is 1440 g/mol. The molecule has 12 aromatic rings. The number of nitrogens with zero attached hydrogens (tertiary/aromatic N) is 4. The number of methoxy groups -OCH3 is 2. The van der Waals surface area contributed by atoms with E-state index in [0.29, 0.717) is 39.3 Å². The minimum absolute atomic E-state index is 0.0188. The van der Waals surface area contributed by atoms with Gasteiger partial charge in [0.25, 0.3) is 17.7 Å². The Morgan fingerprint density at radius 3 is 0.687 bits per heavy atom. The molecule has 0 bridgehead atoms. The lowest BCUT2D eigenvalue weighted by atomic mass is 9.92. The Kier molecular flexibility index (Phi) is 30.7. The highest BCUT2D eigenvalue weighted by molar-refractivity contribution is 6.02. The summed E-state index contributed by atoms with van der Waals surface area (Å²) in [6, 6.07) is 84.6. The van der Waals surface area contributed by atoms with Gasteiger partial charge >= 0.3 is 23.9 Å². The van der Waals surface area contributed by atoms with Crippen LogP contribution in [0.1, 0.15) is 112 Å². The number of anilines is 1. The molecule has 0 heterocycles. The first-order valence-corrected chi connectivity index (χ1v) is 37.4. The zero-order chi connectivity index (χ0) is 83.9. The highest BCUT2D eigenvalue weighted by atomic mass is 16.5. The summed E-state index contributed by atoms with van der Waals surface area (Å²) in [6.45, 7) is 18.6. The summed E-state index contributed by atoms with van der Waals surface area (Å²) in [7, 11) is 14.8. The van der Waals surface area contributed by atoms with Crippen molar-refractivity contribution in [2.24, 2.45) is 0 Å². The molecule has 0 aromatic heterocycles. The van der Waals surface area contributed by atoms with Gasteiger partial charge in [0, 0.05) is 98.5 Å². The topological polar surface area (TPSA) is 186 Å². The molecule has 4 amide bonds. The summed E-state index contributed by atoms with van der Waals surface area (Å²) in [5.41, 5.74) is 25.9. The minimum atomic E-state index is -0.490. The van der Waals surface area contributed by atoms with Crippen molar-refractivity contribution in [2.75, 3.05) is 68.5 Å². The van der Waals surface area contributed by atoms with E-state index in [1.807, 2.05) is 161 Å². The van der Waals surface area contributed by atoms with Crippen molar-refractivity contribution in [3.05, 3.63) is 328 Å². The smallest absolute Gasteiger partial charge is 0.337 e. The molecule has 12 rings (SSSR count). The number of hydrogen-bond acceptors (Lipinski definition) is 12. The number of aryl methyl sites for hydroxylation is 7. The van der Waals surface area contributed by atoms with E-state index in [4.69, 9.17) is 18.9 Å². The Morgan fingerprint density at radius 2 is 0.461 bits per heavy atom. The third kappa shape index (κ3) is 23.5. The zero-order valence-electron chi connectivity index (χ0n) is 69.0. The number of esters is 4. The van der Waals surface area contributed by atoms with Crippen LogP contribution in [0.3, 0.4) is 0 Å². The molecule has 0 spiro atoms. The van der Waals surface area contributed by atoms with Crippen LogP contribution in [-0.2, 0) is 23.9 Å². The molecule has 0 radical (unpaired) electrons. The summed E-state index contributed by atoms with van der Waals surface area (Å²) in [6.07, 6.45) is 0. The summed E-state index contributed by atoms with van der Waals surface area (Å²) in [4.78, 5) is 101. The van der Waals surface area contributed by atoms with Crippen LogP contribution in [0.25, 0.3) is 77.9 Å². The van der Waals surface area contributed by atoms with Gasteiger partial charge in [-0.2, -0.15) is 0 Å². The second-order valence-corrected chi connectivity index (χ2v) is 28.4. The number of ether oxygens (including phenoxy) is 4. The fraction of sp³-hybridized carbons (Fsp3) is 0.192. The lowest BCUT2D eigenvalue weighted by Gasteiger charge is -2.19. The van der Waals surface area contributed by atoms with Gasteiger partial charge in [0.1, 0.15) is 11.5 Å². The Labute approximate surface area is 676 Å². The fourth-order valence-corrected chi connectivity index (χ4v) is 12.9. The van der Waals surface area contributed by atoms with Crippen molar-refractivity contribution in [3.63, 3.8) is 0 Å². The molecule has 12 aromatic carbocycles. The van der Waals surface area contributed by atoms with E-state index in [1.54, 1.807) is 89.3 Å². The second-order valence-electron chi connectivity index (χ2n) is 28.4. The highest BCUT2D eigenvalue weighted by Gasteiger charge is 2.21. The molecule has 588 valence electrons. The molecule has 0 aliphatic carbocycles. The quantitative estimate of drug-likeness (QED) is 0.0699. The summed E-state index contributed by atoms with van der Waals surface area (Å²) in [5, 5.41) is 0. The first-order chi connectivity index (χ1) is 54.8. The molecule has 16 heteroatoms. The van der Waals surface area contributed by atoms with E-state index in [2.05, 4.69) is 113 Å². The van der Waals surface area contributed by atoms with Crippen molar-refractivity contribution in [3.8, 4) is 89.4 Å². The normalized spacial score (nSPS) is 10.3. The number of carbonyl (C=O) groups excluding carboxylic acids is 8. The van der Waals surface area contributed by atoms with Crippen molar-refractivity contribution >= 4 is 53.2 Å². The van der Waals surface area contributed by atoms with Gasteiger partial charge in [-0.05, 0) is 250 Å². The Balaban J connectivity index is 0.000000180. The van der Waals surface area contributed by atoms with Crippen molar-refractivity contribution in [2.45, 2.75) is 69.2 Å². The lowest BCUT2D eigenvalue weighted by molar-refractivity contribution is -0.132. The Hall–Kier alpha value is -13.6. The predicted octanol–water partition coefficient (Wildman–Crippen LogP) is 20.8. The van der Waals surface area contributed by atoms with Gasteiger partial charge < -0.3 is 38.5 Å². The molecular formula is C99H100N4O12.